The number of nitrogens with one attached hydrogen (secondary N) is 1. The molecule has 2 rings (SSSR count). The number of hydrogen-bond donors (Lipinski definition) is 1. The van der Waals surface area contributed by atoms with Gasteiger partial charge in [-0.2, -0.15) is 0 Å². The summed E-state index contributed by atoms with van der Waals surface area (Å²) in [5.74, 6) is -0.490. The van der Waals surface area contributed by atoms with Gasteiger partial charge in [-0.3, -0.25) is 4.79 Å². The molecule has 0 unspecified atom stereocenters. The first-order valence-electron chi connectivity index (χ1n) is 7.30. The third-order valence-electron chi connectivity index (χ3n) is 3.83. The molecule has 0 bridgehead atoms. The van der Waals surface area contributed by atoms with Crippen molar-refractivity contribution in [3.05, 3.63) is 34.9 Å². The lowest BCUT2D eigenvalue weighted by molar-refractivity contribution is -0.121. The van der Waals surface area contributed by atoms with Crippen LogP contribution in [0.2, 0.25) is 5.02 Å². The van der Waals surface area contributed by atoms with Crippen LogP contribution in [0.5, 0.6) is 0 Å². The Morgan fingerprint density at radius 3 is 2.70 bits per heavy atom. The second-order valence-corrected chi connectivity index (χ2v) is 8.44. The van der Waals surface area contributed by atoms with Crippen LogP contribution in [-0.2, 0) is 26.0 Å². The minimum atomic E-state index is -3.34. The highest BCUT2D eigenvalue weighted by molar-refractivity contribution is 7.89. The number of nitrogens with zero attached hydrogens (tertiary/aromatic N) is 1. The van der Waals surface area contributed by atoms with Gasteiger partial charge in [0, 0.05) is 25.0 Å². The Morgan fingerprint density at radius 2 is 2.04 bits per heavy atom. The van der Waals surface area contributed by atoms with Crippen molar-refractivity contribution in [2.45, 2.75) is 12.5 Å². The van der Waals surface area contributed by atoms with E-state index in [9.17, 15) is 13.2 Å². The first kappa shape index (κ1) is 18.2. The normalized spacial score (nSPS) is 21.6. The average molecular weight is 361 g/mol. The molecule has 0 radical (unpaired) electrons. The molecule has 0 spiro atoms. The first-order chi connectivity index (χ1) is 10.8. The van der Waals surface area contributed by atoms with E-state index < -0.39 is 10.0 Å². The van der Waals surface area contributed by atoms with Crippen LogP contribution in [0, 0.1) is 5.92 Å². The second-order valence-electron chi connectivity index (χ2n) is 5.80. The highest BCUT2D eigenvalue weighted by Crippen LogP contribution is 2.19. The number of hydrogen-bond acceptors (Lipinski definition) is 4. The van der Waals surface area contributed by atoms with Crippen molar-refractivity contribution < 1.29 is 17.9 Å². The number of carbonyl (C=O) groups is 1. The molecule has 1 saturated heterocycles. The molecule has 0 aliphatic carbocycles. The fourth-order valence-electron chi connectivity index (χ4n) is 2.41. The van der Waals surface area contributed by atoms with Gasteiger partial charge in [-0.15, -0.1) is 0 Å². The van der Waals surface area contributed by atoms with Gasteiger partial charge in [0.2, 0.25) is 15.9 Å². The third kappa shape index (κ3) is 4.91. The van der Waals surface area contributed by atoms with Crippen LogP contribution in [0.25, 0.3) is 0 Å². The molecule has 128 valence electrons. The number of rotatable bonds is 6. The third-order valence-corrected chi connectivity index (χ3v) is 6.17. The van der Waals surface area contributed by atoms with Crippen LogP contribution in [0.1, 0.15) is 5.56 Å². The molecule has 8 heteroatoms. The average Bonchev–Trinajstić information content (AvgIpc) is 2.87. The van der Waals surface area contributed by atoms with Crippen molar-refractivity contribution in [3.63, 3.8) is 0 Å². The number of halogens is 1. The summed E-state index contributed by atoms with van der Waals surface area (Å²) < 4.78 is 30.5. The van der Waals surface area contributed by atoms with Crippen molar-refractivity contribution in [3.8, 4) is 0 Å². The van der Waals surface area contributed by atoms with Crippen molar-refractivity contribution in [2.75, 3.05) is 33.1 Å². The van der Waals surface area contributed by atoms with Gasteiger partial charge in [-0.25, -0.2) is 12.7 Å². The summed E-state index contributed by atoms with van der Waals surface area (Å²) in [6.45, 7) is 0.645. The van der Waals surface area contributed by atoms with Crippen molar-refractivity contribution >= 4 is 27.5 Å². The number of sulfonamides is 1. The van der Waals surface area contributed by atoms with Crippen LogP contribution < -0.4 is 5.32 Å². The van der Waals surface area contributed by atoms with Crippen molar-refractivity contribution in [2.24, 2.45) is 5.92 Å². The standard InChI is InChI=1S/C15H21ClN2O4S/c1-18(2)23(20,21)10-12-8-22-9-14(12)17-15(19)7-11-5-3-4-6-13(11)16/h3-6,12,14H,7-10H2,1-2H3,(H,17,19)/t12-,14-/m0/s1. The van der Waals surface area contributed by atoms with Gasteiger partial charge >= 0.3 is 0 Å². The lowest BCUT2D eigenvalue weighted by Gasteiger charge is -2.21. The molecule has 1 N–H and O–H groups in total. The zero-order chi connectivity index (χ0) is 17.0. The van der Waals surface area contributed by atoms with E-state index in [1.54, 1.807) is 18.2 Å². The molecule has 23 heavy (non-hydrogen) atoms. The molecular weight excluding hydrogens is 340 g/mol. The molecule has 1 aliphatic heterocycles. The predicted molar refractivity (Wildman–Crippen MR) is 88.9 cm³/mol. The molecule has 0 saturated carbocycles. The van der Waals surface area contributed by atoms with E-state index in [-0.39, 0.29) is 30.0 Å². The van der Waals surface area contributed by atoms with Crippen LogP contribution in [0.4, 0.5) is 0 Å². The van der Waals surface area contributed by atoms with E-state index in [2.05, 4.69) is 5.32 Å². The Bertz CT molecular complexity index is 663. The van der Waals surface area contributed by atoms with Gasteiger partial charge in [0.1, 0.15) is 0 Å². The Morgan fingerprint density at radius 1 is 1.35 bits per heavy atom. The molecule has 1 heterocycles. The maximum absolute atomic E-state index is 12.2. The maximum atomic E-state index is 12.2. The zero-order valence-electron chi connectivity index (χ0n) is 13.2. The number of amides is 1. The predicted octanol–water partition coefficient (Wildman–Crippen LogP) is 0.905. The molecule has 1 aromatic rings. The zero-order valence-corrected chi connectivity index (χ0v) is 14.7. The summed E-state index contributed by atoms with van der Waals surface area (Å²) in [5.41, 5.74) is 0.739. The Kier molecular flexibility index (Phi) is 6.02. The lowest BCUT2D eigenvalue weighted by Crippen LogP contribution is -2.44. The smallest absolute Gasteiger partial charge is 0.224 e. The first-order valence-corrected chi connectivity index (χ1v) is 9.29. The number of ether oxygens (including phenoxy) is 1. The fraction of sp³-hybridized carbons (Fsp3) is 0.533. The van der Waals surface area contributed by atoms with Gasteiger partial charge in [-0.1, -0.05) is 29.8 Å². The van der Waals surface area contributed by atoms with Crippen molar-refractivity contribution in [1.29, 1.82) is 0 Å². The highest BCUT2D eigenvalue weighted by atomic mass is 35.5. The van der Waals surface area contributed by atoms with Crippen LogP contribution in [-0.4, -0.2) is 57.7 Å². The van der Waals surface area contributed by atoms with Crippen LogP contribution in [0.15, 0.2) is 24.3 Å². The molecule has 2 atom stereocenters. The second kappa shape index (κ2) is 7.61. The fourth-order valence-corrected chi connectivity index (χ4v) is 3.78. The van der Waals surface area contributed by atoms with Gasteiger partial charge in [-0.05, 0) is 11.6 Å². The minimum absolute atomic E-state index is 0.0446. The summed E-state index contributed by atoms with van der Waals surface area (Å²) in [6.07, 6.45) is 0.156. The quantitative estimate of drug-likeness (QED) is 0.818. The van der Waals surface area contributed by atoms with Gasteiger partial charge < -0.3 is 10.1 Å². The lowest BCUT2D eigenvalue weighted by atomic mass is 10.1. The molecule has 6 nitrogen and oxygen atoms in total. The van der Waals surface area contributed by atoms with Gasteiger partial charge in [0.05, 0.1) is 31.4 Å². The maximum Gasteiger partial charge on any atom is 0.224 e. The monoisotopic (exact) mass is 360 g/mol. The van der Waals surface area contributed by atoms with E-state index in [1.165, 1.54) is 18.4 Å². The SMILES string of the molecule is CN(C)S(=O)(=O)C[C@@H]1COC[C@@H]1NC(=O)Cc1ccccc1Cl. The number of benzene rings is 1. The van der Waals surface area contributed by atoms with E-state index in [4.69, 9.17) is 16.3 Å². The van der Waals surface area contributed by atoms with Gasteiger partial charge in [0.25, 0.3) is 0 Å². The molecule has 1 fully saturated rings. The Labute approximate surface area is 141 Å². The Balaban J connectivity index is 1.96. The van der Waals surface area contributed by atoms with Crippen LogP contribution >= 0.6 is 11.6 Å². The molecule has 1 aromatic carbocycles. The van der Waals surface area contributed by atoms with E-state index in [0.717, 1.165) is 5.56 Å². The summed E-state index contributed by atoms with van der Waals surface area (Å²) in [7, 11) is -0.343. The van der Waals surface area contributed by atoms with E-state index in [1.807, 2.05) is 6.07 Å². The molecule has 1 aliphatic rings. The van der Waals surface area contributed by atoms with Crippen molar-refractivity contribution in [1.82, 2.24) is 9.62 Å². The Hall–Kier alpha value is -1.15. The minimum Gasteiger partial charge on any atom is -0.379 e. The largest absolute Gasteiger partial charge is 0.379 e. The summed E-state index contributed by atoms with van der Waals surface area (Å²) in [6, 6.07) is 6.84. The highest BCUT2D eigenvalue weighted by Gasteiger charge is 2.34. The molecular formula is C15H21ClN2O4S. The molecule has 0 aromatic heterocycles. The summed E-state index contributed by atoms with van der Waals surface area (Å²) >= 11 is 6.05. The summed E-state index contributed by atoms with van der Waals surface area (Å²) in [5, 5.41) is 3.40. The number of carbonyl (C=O) groups excluding carboxylic acids is 1. The van der Waals surface area contributed by atoms with E-state index in [0.29, 0.717) is 18.2 Å². The van der Waals surface area contributed by atoms with Gasteiger partial charge in [0.15, 0.2) is 0 Å². The van der Waals surface area contributed by atoms with Crippen LogP contribution in [0.3, 0.4) is 0 Å². The topological polar surface area (TPSA) is 75.7 Å². The summed E-state index contributed by atoms with van der Waals surface area (Å²) in [4.78, 5) is 12.2. The molecule has 1 amide bonds. The van der Waals surface area contributed by atoms with E-state index >= 15 is 0 Å².